The van der Waals surface area contributed by atoms with E-state index in [1.807, 2.05) is 4.72 Å². The molecular formula is C11H14N2O6S. The van der Waals surface area contributed by atoms with Crippen LogP contribution < -0.4 is 10.0 Å². The van der Waals surface area contributed by atoms with Crippen LogP contribution in [0.25, 0.3) is 0 Å². The third-order valence-electron chi connectivity index (χ3n) is 2.08. The zero-order valence-electron chi connectivity index (χ0n) is 10.6. The van der Waals surface area contributed by atoms with E-state index >= 15 is 0 Å². The van der Waals surface area contributed by atoms with E-state index in [1.165, 1.54) is 24.3 Å². The summed E-state index contributed by atoms with van der Waals surface area (Å²) in [4.78, 5) is 21.4. The van der Waals surface area contributed by atoms with Gasteiger partial charge in [0.05, 0.1) is 11.5 Å². The standard InChI is InChI=1S/C11H14N2O6S/c1-2-19-11(16)13-8-4-3-5-9(6-8)20(17,18)12-7-10(14)15/h3-6,12H,2,7H2,1H3,(H,13,16)(H,14,15). The summed E-state index contributed by atoms with van der Waals surface area (Å²) >= 11 is 0. The van der Waals surface area contributed by atoms with Crippen molar-refractivity contribution < 1.29 is 27.9 Å². The number of anilines is 1. The number of hydrogen-bond acceptors (Lipinski definition) is 5. The number of ether oxygens (including phenoxy) is 1. The van der Waals surface area contributed by atoms with Gasteiger partial charge in [-0.1, -0.05) is 6.07 Å². The van der Waals surface area contributed by atoms with Gasteiger partial charge in [-0.3, -0.25) is 10.1 Å². The zero-order valence-corrected chi connectivity index (χ0v) is 11.4. The second-order valence-electron chi connectivity index (χ2n) is 3.59. The molecule has 20 heavy (non-hydrogen) atoms. The Balaban J connectivity index is 2.86. The summed E-state index contributed by atoms with van der Waals surface area (Å²) in [5, 5.41) is 10.8. The molecule has 0 aliphatic carbocycles. The molecule has 0 aliphatic heterocycles. The van der Waals surface area contributed by atoms with Gasteiger partial charge < -0.3 is 9.84 Å². The van der Waals surface area contributed by atoms with Gasteiger partial charge in [0.2, 0.25) is 10.0 Å². The fraction of sp³-hybridized carbons (Fsp3) is 0.273. The first-order valence-electron chi connectivity index (χ1n) is 5.60. The molecule has 0 spiro atoms. The number of hydrogen-bond donors (Lipinski definition) is 3. The van der Waals surface area contributed by atoms with E-state index in [4.69, 9.17) is 5.11 Å². The van der Waals surface area contributed by atoms with Gasteiger partial charge in [-0.05, 0) is 25.1 Å². The van der Waals surface area contributed by atoms with Crippen molar-refractivity contribution in [3.05, 3.63) is 24.3 Å². The van der Waals surface area contributed by atoms with Gasteiger partial charge >= 0.3 is 12.1 Å². The number of aliphatic carboxylic acids is 1. The lowest BCUT2D eigenvalue weighted by atomic mass is 10.3. The Kier molecular flexibility index (Phi) is 5.47. The van der Waals surface area contributed by atoms with E-state index in [1.54, 1.807) is 6.92 Å². The number of nitrogens with one attached hydrogen (secondary N) is 2. The molecule has 1 aromatic carbocycles. The lowest BCUT2D eigenvalue weighted by Crippen LogP contribution is -2.29. The Labute approximate surface area is 115 Å². The van der Waals surface area contributed by atoms with Gasteiger partial charge in [-0.15, -0.1) is 0 Å². The topological polar surface area (TPSA) is 122 Å². The van der Waals surface area contributed by atoms with Crippen molar-refractivity contribution in [1.82, 2.24) is 4.72 Å². The summed E-state index contributed by atoms with van der Waals surface area (Å²) in [6.45, 7) is 1.10. The highest BCUT2D eigenvalue weighted by atomic mass is 32.2. The van der Waals surface area contributed by atoms with Crippen molar-refractivity contribution in [2.45, 2.75) is 11.8 Å². The molecule has 0 heterocycles. The minimum Gasteiger partial charge on any atom is -0.480 e. The molecule has 0 saturated heterocycles. The zero-order chi connectivity index (χ0) is 15.2. The average molecular weight is 302 g/mol. The first-order valence-corrected chi connectivity index (χ1v) is 7.08. The van der Waals surface area contributed by atoms with Gasteiger partial charge in [0.25, 0.3) is 0 Å². The molecule has 0 fully saturated rings. The third-order valence-corrected chi connectivity index (χ3v) is 3.48. The maximum atomic E-state index is 11.8. The van der Waals surface area contributed by atoms with Crippen LogP contribution in [-0.4, -0.2) is 38.7 Å². The number of carboxylic acids is 1. The van der Waals surface area contributed by atoms with E-state index in [-0.39, 0.29) is 17.2 Å². The Bertz CT molecular complexity index is 599. The minimum absolute atomic E-state index is 0.159. The first-order chi connectivity index (χ1) is 9.35. The van der Waals surface area contributed by atoms with E-state index in [2.05, 4.69) is 10.1 Å². The van der Waals surface area contributed by atoms with Crippen molar-refractivity contribution in [3.8, 4) is 0 Å². The Hall–Kier alpha value is -2.13. The van der Waals surface area contributed by atoms with Crippen LogP contribution in [0.3, 0.4) is 0 Å². The maximum absolute atomic E-state index is 11.8. The van der Waals surface area contributed by atoms with Crippen molar-refractivity contribution >= 4 is 27.8 Å². The van der Waals surface area contributed by atoms with Crippen molar-refractivity contribution in [2.24, 2.45) is 0 Å². The summed E-state index contributed by atoms with van der Waals surface area (Å²) in [5.41, 5.74) is 0.224. The number of carboxylic acid groups (broad SMARTS) is 1. The Morgan fingerprint density at radius 1 is 1.35 bits per heavy atom. The van der Waals surface area contributed by atoms with Crippen molar-refractivity contribution in [2.75, 3.05) is 18.5 Å². The lowest BCUT2D eigenvalue weighted by molar-refractivity contribution is -0.135. The second kappa shape index (κ2) is 6.87. The van der Waals surface area contributed by atoms with Gasteiger partial charge in [0.1, 0.15) is 6.54 Å². The highest BCUT2D eigenvalue weighted by Crippen LogP contribution is 2.15. The van der Waals surface area contributed by atoms with E-state index in [9.17, 15) is 18.0 Å². The predicted octanol–water partition coefficient (Wildman–Crippen LogP) is 0.618. The Morgan fingerprint density at radius 3 is 2.65 bits per heavy atom. The molecule has 0 bridgehead atoms. The fourth-order valence-corrected chi connectivity index (χ4v) is 2.29. The molecule has 8 nitrogen and oxygen atoms in total. The van der Waals surface area contributed by atoms with E-state index in [0.717, 1.165) is 0 Å². The van der Waals surface area contributed by atoms with Crippen LogP contribution in [0.1, 0.15) is 6.92 Å². The molecule has 0 aromatic heterocycles. The summed E-state index contributed by atoms with van der Waals surface area (Å²) in [6.07, 6.45) is -0.708. The summed E-state index contributed by atoms with van der Waals surface area (Å²) in [5.74, 6) is -1.30. The van der Waals surface area contributed by atoms with E-state index in [0.29, 0.717) is 0 Å². The molecule has 3 N–H and O–H groups in total. The number of benzene rings is 1. The van der Waals surface area contributed by atoms with Crippen LogP contribution >= 0.6 is 0 Å². The lowest BCUT2D eigenvalue weighted by Gasteiger charge is -2.08. The molecular weight excluding hydrogens is 288 g/mol. The molecule has 1 amide bonds. The molecule has 0 saturated carbocycles. The number of carbonyl (C=O) groups is 2. The smallest absolute Gasteiger partial charge is 0.411 e. The second-order valence-corrected chi connectivity index (χ2v) is 5.36. The minimum atomic E-state index is -3.95. The van der Waals surface area contributed by atoms with Gasteiger partial charge in [0.15, 0.2) is 0 Å². The highest BCUT2D eigenvalue weighted by Gasteiger charge is 2.16. The van der Waals surface area contributed by atoms with Crippen LogP contribution in [0.4, 0.5) is 10.5 Å². The van der Waals surface area contributed by atoms with Crippen LogP contribution in [-0.2, 0) is 19.6 Å². The number of amides is 1. The Morgan fingerprint density at radius 2 is 2.05 bits per heavy atom. The molecule has 0 radical (unpaired) electrons. The van der Waals surface area contributed by atoms with Crippen LogP contribution in [0, 0.1) is 0 Å². The average Bonchev–Trinajstić information content (AvgIpc) is 2.37. The molecule has 0 aliphatic rings. The van der Waals surface area contributed by atoms with Crippen LogP contribution in [0.5, 0.6) is 0 Å². The fourth-order valence-electron chi connectivity index (χ4n) is 1.27. The summed E-state index contributed by atoms with van der Waals surface area (Å²) in [7, 11) is -3.95. The quantitative estimate of drug-likeness (QED) is 0.708. The van der Waals surface area contributed by atoms with Crippen LogP contribution in [0.2, 0.25) is 0 Å². The normalized spacial score (nSPS) is 10.8. The third kappa shape index (κ3) is 4.86. The van der Waals surface area contributed by atoms with Gasteiger partial charge in [0, 0.05) is 5.69 Å². The van der Waals surface area contributed by atoms with Crippen LogP contribution in [0.15, 0.2) is 29.2 Å². The van der Waals surface area contributed by atoms with Gasteiger partial charge in [-0.25, -0.2) is 13.2 Å². The van der Waals surface area contributed by atoms with E-state index < -0.39 is 28.6 Å². The first kappa shape index (κ1) is 15.9. The molecule has 1 aromatic rings. The molecule has 0 atom stereocenters. The number of rotatable bonds is 6. The largest absolute Gasteiger partial charge is 0.480 e. The molecule has 0 unspecified atom stereocenters. The summed E-state index contributed by atoms with van der Waals surface area (Å²) < 4.78 is 30.1. The molecule has 110 valence electrons. The monoisotopic (exact) mass is 302 g/mol. The maximum Gasteiger partial charge on any atom is 0.411 e. The summed E-state index contributed by atoms with van der Waals surface area (Å²) in [6, 6.07) is 5.37. The number of sulfonamides is 1. The highest BCUT2D eigenvalue weighted by molar-refractivity contribution is 7.89. The number of carbonyl (C=O) groups excluding carboxylic acids is 1. The molecule has 1 rings (SSSR count). The predicted molar refractivity (Wildman–Crippen MR) is 69.9 cm³/mol. The molecule has 9 heteroatoms. The SMILES string of the molecule is CCOC(=O)Nc1cccc(S(=O)(=O)NCC(=O)O)c1. The van der Waals surface area contributed by atoms with Crippen molar-refractivity contribution in [1.29, 1.82) is 0 Å². The van der Waals surface area contributed by atoms with Gasteiger partial charge in [-0.2, -0.15) is 4.72 Å². The van der Waals surface area contributed by atoms with Crippen molar-refractivity contribution in [3.63, 3.8) is 0 Å².